The van der Waals surface area contributed by atoms with Gasteiger partial charge in [0.2, 0.25) is 0 Å². The molecule has 1 aromatic heterocycles. The van der Waals surface area contributed by atoms with E-state index in [9.17, 15) is 4.79 Å². The number of amides is 1. The number of nitrogens with zero attached hydrogens (tertiary/aromatic N) is 1. The van der Waals surface area contributed by atoms with Crippen LogP contribution in [-0.4, -0.2) is 22.6 Å². The first-order valence-corrected chi connectivity index (χ1v) is 6.20. The predicted octanol–water partition coefficient (Wildman–Crippen LogP) is 2.33. The van der Waals surface area contributed by atoms with Crippen LogP contribution in [0.4, 0.5) is 5.82 Å². The Balaban J connectivity index is 2.15. The fourth-order valence-corrected chi connectivity index (χ4v) is 1.71. The van der Waals surface area contributed by atoms with Crippen molar-refractivity contribution in [2.45, 2.75) is 0 Å². The maximum Gasteiger partial charge on any atom is 0.256 e. The summed E-state index contributed by atoms with van der Waals surface area (Å²) in [6, 6.07) is 11.7. The van der Waals surface area contributed by atoms with E-state index in [1.54, 1.807) is 42.5 Å². The van der Waals surface area contributed by atoms with Gasteiger partial charge >= 0.3 is 0 Å². The van der Waals surface area contributed by atoms with Gasteiger partial charge in [-0.1, -0.05) is 29.7 Å². The normalized spacial score (nSPS) is 9.50. The molecule has 2 rings (SSSR count). The minimum Gasteiger partial charge on any atom is -0.384 e. The Labute approximate surface area is 121 Å². The van der Waals surface area contributed by atoms with E-state index in [2.05, 4.69) is 22.1 Å². The second-order valence-electron chi connectivity index (χ2n) is 3.83. The molecule has 4 nitrogen and oxygen atoms in total. The van der Waals surface area contributed by atoms with Gasteiger partial charge in [0.15, 0.2) is 0 Å². The number of carbonyl (C=O) groups excluding carboxylic acids is 1. The van der Waals surface area contributed by atoms with E-state index in [4.69, 9.17) is 16.7 Å². The molecule has 2 N–H and O–H groups in total. The Morgan fingerprint density at radius 3 is 2.85 bits per heavy atom. The average Bonchev–Trinajstić information content (AvgIpc) is 2.45. The van der Waals surface area contributed by atoms with Gasteiger partial charge in [0.05, 0.1) is 0 Å². The third-order valence-electron chi connectivity index (χ3n) is 2.37. The number of pyridine rings is 1. The topological polar surface area (TPSA) is 62.2 Å². The van der Waals surface area contributed by atoms with E-state index < -0.39 is 0 Å². The molecule has 2 aromatic rings. The van der Waals surface area contributed by atoms with Crippen LogP contribution in [0.15, 0.2) is 42.5 Å². The molecule has 0 aliphatic heterocycles. The minimum atomic E-state index is -0.299. The number of carbonyl (C=O) groups is 1. The van der Waals surface area contributed by atoms with E-state index in [-0.39, 0.29) is 12.5 Å². The SMILES string of the molecule is O=C(Nc1cccc(C#CCO)n1)c1cccc(Cl)c1. The van der Waals surface area contributed by atoms with Gasteiger partial charge in [-0.2, -0.15) is 0 Å². The summed E-state index contributed by atoms with van der Waals surface area (Å²) >= 11 is 5.84. The number of rotatable bonds is 2. The zero-order valence-corrected chi connectivity index (χ0v) is 11.2. The molecule has 100 valence electrons. The number of anilines is 1. The van der Waals surface area contributed by atoms with Gasteiger partial charge in [0.1, 0.15) is 18.1 Å². The zero-order valence-electron chi connectivity index (χ0n) is 10.4. The van der Waals surface area contributed by atoms with Gasteiger partial charge in [-0.15, -0.1) is 0 Å². The summed E-state index contributed by atoms with van der Waals surface area (Å²) in [6.07, 6.45) is 0. The summed E-state index contributed by atoms with van der Waals surface area (Å²) in [5, 5.41) is 11.8. The van der Waals surface area contributed by atoms with Gasteiger partial charge in [-0.3, -0.25) is 4.79 Å². The van der Waals surface area contributed by atoms with Crippen LogP contribution < -0.4 is 5.32 Å². The van der Waals surface area contributed by atoms with Crippen LogP contribution in [0.1, 0.15) is 16.1 Å². The van der Waals surface area contributed by atoms with E-state index in [0.717, 1.165) is 0 Å². The lowest BCUT2D eigenvalue weighted by atomic mass is 10.2. The van der Waals surface area contributed by atoms with Crippen molar-refractivity contribution in [3.63, 3.8) is 0 Å². The highest BCUT2D eigenvalue weighted by atomic mass is 35.5. The Kier molecular flexibility index (Phi) is 4.72. The first-order chi connectivity index (χ1) is 9.69. The maximum atomic E-state index is 12.0. The average molecular weight is 287 g/mol. The number of hydrogen-bond donors (Lipinski definition) is 2. The van der Waals surface area contributed by atoms with Gasteiger partial charge in [-0.25, -0.2) is 4.98 Å². The van der Waals surface area contributed by atoms with Crippen molar-refractivity contribution < 1.29 is 9.90 Å². The number of halogens is 1. The fraction of sp³-hybridized carbons (Fsp3) is 0.0667. The molecule has 0 atom stereocenters. The number of aromatic nitrogens is 1. The number of benzene rings is 1. The number of hydrogen-bond acceptors (Lipinski definition) is 3. The monoisotopic (exact) mass is 286 g/mol. The third-order valence-corrected chi connectivity index (χ3v) is 2.61. The molecule has 20 heavy (non-hydrogen) atoms. The molecular formula is C15H11ClN2O2. The molecule has 1 aromatic carbocycles. The molecule has 0 radical (unpaired) electrons. The first kappa shape index (κ1) is 14.1. The lowest BCUT2D eigenvalue weighted by Gasteiger charge is -2.05. The van der Waals surface area contributed by atoms with E-state index in [1.807, 2.05) is 0 Å². The second kappa shape index (κ2) is 6.71. The molecule has 0 spiro atoms. The summed E-state index contributed by atoms with van der Waals surface area (Å²) in [6.45, 7) is -0.235. The Bertz CT molecular complexity index is 690. The van der Waals surface area contributed by atoms with Crippen LogP contribution in [-0.2, 0) is 0 Å². The summed E-state index contributed by atoms with van der Waals surface area (Å²) < 4.78 is 0. The molecular weight excluding hydrogens is 276 g/mol. The lowest BCUT2D eigenvalue weighted by Crippen LogP contribution is -2.13. The molecule has 0 saturated carbocycles. The largest absolute Gasteiger partial charge is 0.384 e. The zero-order chi connectivity index (χ0) is 14.4. The van der Waals surface area contributed by atoms with Crippen LogP contribution in [0.5, 0.6) is 0 Å². The van der Waals surface area contributed by atoms with Crippen LogP contribution in [0.25, 0.3) is 0 Å². The number of aliphatic hydroxyl groups excluding tert-OH is 1. The quantitative estimate of drug-likeness (QED) is 0.833. The summed E-state index contributed by atoms with van der Waals surface area (Å²) in [7, 11) is 0. The smallest absolute Gasteiger partial charge is 0.256 e. The molecule has 0 aliphatic rings. The summed E-state index contributed by atoms with van der Waals surface area (Å²) in [4.78, 5) is 16.2. The van der Waals surface area contributed by atoms with Gasteiger partial charge in [0.25, 0.3) is 5.91 Å². The van der Waals surface area contributed by atoms with Crippen molar-refractivity contribution in [3.05, 3.63) is 58.7 Å². The van der Waals surface area contributed by atoms with Crippen molar-refractivity contribution in [1.29, 1.82) is 0 Å². The molecule has 0 saturated heterocycles. The van der Waals surface area contributed by atoms with Gasteiger partial charge in [-0.05, 0) is 36.3 Å². The second-order valence-corrected chi connectivity index (χ2v) is 4.27. The third kappa shape index (κ3) is 3.82. The van der Waals surface area contributed by atoms with Crippen molar-refractivity contribution in [1.82, 2.24) is 4.98 Å². The molecule has 0 unspecified atom stereocenters. The van der Waals surface area contributed by atoms with E-state index >= 15 is 0 Å². The molecule has 0 aliphatic carbocycles. The predicted molar refractivity (Wildman–Crippen MR) is 77.6 cm³/mol. The van der Waals surface area contributed by atoms with E-state index in [1.165, 1.54) is 0 Å². The Morgan fingerprint density at radius 2 is 2.10 bits per heavy atom. The fourth-order valence-electron chi connectivity index (χ4n) is 1.52. The Hall–Kier alpha value is -2.35. The minimum absolute atomic E-state index is 0.235. The van der Waals surface area contributed by atoms with Crippen molar-refractivity contribution in [2.75, 3.05) is 11.9 Å². The number of aliphatic hydroxyl groups is 1. The highest BCUT2D eigenvalue weighted by Crippen LogP contribution is 2.12. The molecule has 0 bridgehead atoms. The molecule has 1 amide bonds. The van der Waals surface area contributed by atoms with Crippen molar-refractivity contribution >= 4 is 23.3 Å². The van der Waals surface area contributed by atoms with Crippen LogP contribution in [0.3, 0.4) is 0 Å². The first-order valence-electron chi connectivity index (χ1n) is 5.83. The van der Waals surface area contributed by atoms with Crippen molar-refractivity contribution in [2.24, 2.45) is 0 Å². The Morgan fingerprint density at radius 1 is 1.30 bits per heavy atom. The highest BCUT2D eigenvalue weighted by molar-refractivity contribution is 6.31. The van der Waals surface area contributed by atoms with Gasteiger partial charge in [0, 0.05) is 10.6 Å². The maximum absolute atomic E-state index is 12.0. The molecule has 1 heterocycles. The summed E-state index contributed by atoms with van der Waals surface area (Å²) in [5.41, 5.74) is 0.925. The van der Waals surface area contributed by atoms with Crippen LogP contribution in [0.2, 0.25) is 5.02 Å². The molecule has 0 fully saturated rings. The lowest BCUT2D eigenvalue weighted by molar-refractivity contribution is 0.102. The molecule has 5 heteroatoms. The standard InChI is InChI=1S/C15H11ClN2O2/c16-12-5-1-4-11(10-12)15(20)18-14-8-2-6-13(17-14)7-3-9-19/h1-2,4-6,8,10,19H,9H2,(H,17,18,20). The van der Waals surface area contributed by atoms with Crippen LogP contribution >= 0.6 is 11.6 Å². The van der Waals surface area contributed by atoms with Gasteiger partial charge < -0.3 is 10.4 Å². The number of nitrogens with one attached hydrogen (secondary N) is 1. The highest BCUT2D eigenvalue weighted by Gasteiger charge is 2.07. The van der Waals surface area contributed by atoms with Crippen LogP contribution in [0, 0.1) is 11.8 Å². The van der Waals surface area contributed by atoms with Crippen molar-refractivity contribution in [3.8, 4) is 11.8 Å². The van der Waals surface area contributed by atoms with E-state index in [0.29, 0.717) is 22.1 Å². The summed E-state index contributed by atoms with van der Waals surface area (Å²) in [5.74, 6) is 5.26.